The summed E-state index contributed by atoms with van der Waals surface area (Å²) in [5.41, 5.74) is 6.47. The summed E-state index contributed by atoms with van der Waals surface area (Å²) in [6, 6.07) is 27.5. The van der Waals surface area contributed by atoms with Gasteiger partial charge in [0.15, 0.2) is 5.78 Å². The van der Waals surface area contributed by atoms with E-state index in [1.165, 1.54) is 38.0 Å². The molecule has 0 saturated carbocycles. The molecule has 271 valence electrons. The number of hydrogen-bond acceptors (Lipinski definition) is 3. The predicted octanol–water partition coefficient (Wildman–Crippen LogP) is 12.5. The van der Waals surface area contributed by atoms with Gasteiger partial charge >= 0.3 is 0 Å². The van der Waals surface area contributed by atoms with E-state index in [0.717, 1.165) is 59.5 Å². The zero-order valence-electron chi connectivity index (χ0n) is 32.1. The van der Waals surface area contributed by atoms with Gasteiger partial charge in [-0.25, -0.2) is 4.98 Å². The number of ketones is 1. The molecule has 5 nitrogen and oxygen atoms in total. The van der Waals surface area contributed by atoms with Crippen LogP contribution in [0.2, 0.25) is 0 Å². The van der Waals surface area contributed by atoms with Crippen molar-refractivity contribution in [2.45, 2.75) is 92.9 Å². The molecule has 1 radical (unpaired) electrons. The molecule has 2 heterocycles. The van der Waals surface area contributed by atoms with Crippen LogP contribution in [0.4, 0.5) is 0 Å². The van der Waals surface area contributed by atoms with E-state index in [2.05, 4.69) is 145 Å². The van der Waals surface area contributed by atoms with Crippen LogP contribution < -0.4 is 0 Å². The van der Waals surface area contributed by atoms with Crippen molar-refractivity contribution in [1.29, 1.82) is 0 Å². The van der Waals surface area contributed by atoms with Gasteiger partial charge in [-0.1, -0.05) is 140 Å². The quantitative estimate of drug-likeness (QED) is 0.0963. The molecule has 6 rings (SSSR count). The first-order valence-corrected chi connectivity index (χ1v) is 18.6. The summed E-state index contributed by atoms with van der Waals surface area (Å²) in [6.07, 6.45) is 5.72. The van der Waals surface area contributed by atoms with E-state index in [1.807, 2.05) is 0 Å². The van der Waals surface area contributed by atoms with E-state index in [1.54, 1.807) is 13.1 Å². The number of carbonyl (C=O) groups excluding carboxylic acids is 1. The standard InChI is InChI=1S/C31H28N3.C14H27NO.Ir/c1-18(2)21-15-16-25(24-13-9-8-12-23(21)24)29-28-27-22-11-7-6-10-20(22)14-17-26(27)34(5)31(28)33-30(32-29)19(3)4;1-6-11(7-2)13(15-5)10-14(16)12(8-3)9-4;/h6-15,17-19H,1-5H3;10-12H,6-9H2,1-5H3,(H,15,16);/q-1;;/p-1. The number of benzene rings is 4. The molecule has 0 aliphatic rings. The third kappa shape index (κ3) is 7.98. The molecule has 0 unspecified atom stereocenters. The van der Waals surface area contributed by atoms with Crippen LogP contribution in [0.25, 0.3) is 60.1 Å². The number of allylic oxidation sites excluding steroid dienone is 2. The Bertz CT molecular complexity index is 2150. The third-order valence-corrected chi connectivity index (χ3v) is 10.3. The molecule has 0 fully saturated rings. The smallest absolute Gasteiger partial charge is 0.157 e. The fourth-order valence-electron chi connectivity index (χ4n) is 7.25. The topological polar surface area (TPSA) is 61.9 Å². The molecular formula is C45H54IrN4O-2. The van der Waals surface area contributed by atoms with Gasteiger partial charge in [-0.15, -0.1) is 30.3 Å². The van der Waals surface area contributed by atoms with Crippen molar-refractivity contribution in [2.75, 3.05) is 7.05 Å². The van der Waals surface area contributed by atoms with Gasteiger partial charge < -0.3 is 9.88 Å². The van der Waals surface area contributed by atoms with Gasteiger partial charge in [0.2, 0.25) is 0 Å². The minimum Gasteiger partial charge on any atom is -0.690 e. The monoisotopic (exact) mass is 859 g/mol. The summed E-state index contributed by atoms with van der Waals surface area (Å²) in [5.74, 6) is 2.36. The average molecular weight is 859 g/mol. The summed E-state index contributed by atoms with van der Waals surface area (Å²) < 4.78 is 2.22. The maximum atomic E-state index is 12.0. The molecule has 0 bridgehead atoms. The molecule has 0 aliphatic heterocycles. The molecule has 0 spiro atoms. The summed E-state index contributed by atoms with van der Waals surface area (Å²) in [4.78, 5) is 22.3. The molecule has 4 aromatic carbocycles. The van der Waals surface area contributed by atoms with Crippen LogP contribution in [-0.4, -0.2) is 27.4 Å². The van der Waals surface area contributed by atoms with E-state index < -0.39 is 0 Å². The molecule has 0 atom stereocenters. The SMILES string of the molecule is CC(C)c1nc(-c2[c-]cc(C(C)C)c3ccccc23)c2c3c4ccccc4ccc3n(C)c2n1.CCC(CC)C(=O)/C=C(\[N-]C)C(CC)CC.[Ir]. The number of rotatable bonds is 11. The van der Waals surface area contributed by atoms with Gasteiger partial charge in [-0.2, -0.15) is 5.70 Å². The second kappa shape index (κ2) is 17.6. The van der Waals surface area contributed by atoms with Crippen molar-refractivity contribution in [3.05, 3.63) is 101 Å². The molecule has 0 aliphatic carbocycles. The first-order chi connectivity index (χ1) is 24.1. The van der Waals surface area contributed by atoms with Gasteiger partial charge in [0.25, 0.3) is 0 Å². The summed E-state index contributed by atoms with van der Waals surface area (Å²) in [6.45, 7) is 17.2. The van der Waals surface area contributed by atoms with Crippen molar-refractivity contribution in [1.82, 2.24) is 14.5 Å². The fraction of sp³-hybridized carbons (Fsp3) is 0.400. The van der Waals surface area contributed by atoms with Crippen molar-refractivity contribution in [2.24, 2.45) is 18.9 Å². The Morgan fingerprint density at radius 2 is 1.39 bits per heavy atom. The van der Waals surface area contributed by atoms with Gasteiger partial charge in [-0.05, 0) is 41.7 Å². The van der Waals surface area contributed by atoms with Crippen molar-refractivity contribution in [3.8, 4) is 11.3 Å². The van der Waals surface area contributed by atoms with Gasteiger partial charge in [-0.3, -0.25) is 9.78 Å². The van der Waals surface area contributed by atoms with Crippen LogP contribution in [0.1, 0.15) is 104 Å². The average Bonchev–Trinajstić information content (AvgIpc) is 3.43. The van der Waals surface area contributed by atoms with Crippen LogP contribution in [-0.2, 0) is 31.9 Å². The Labute approximate surface area is 318 Å². The summed E-state index contributed by atoms with van der Waals surface area (Å²) >= 11 is 0. The molecular weight excluding hydrogens is 805 g/mol. The minimum atomic E-state index is 0. The third-order valence-electron chi connectivity index (χ3n) is 10.3. The molecule has 0 N–H and O–H groups in total. The Kier molecular flexibility index (Phi) is 13.8. The maximum Gasteiger partial charge on any atom is 0.157 e. The number of aromatic nitrogens is 3. The first-order valence-electron chi connectivity index (χ1n) is 18.6. The van der Waals surface area contributed by atoms with E-state index in [0.29, 0.717) is 11.8 Å². The van der Waals surface area contributed by atoms with Crippen molar-refractivity contribution < 1.29 is 24.9 Å². The van der Waals surface area contributed by atoms with E-state index in [9.17, 15) is 4.79 Å². The molecule has 0 saturated heterocycles. The van der Waals surface area contributed by atoms with Crippen LogP contribution >= 0.6 is 0 Å². The number of aryl methyl sites for hydroxylation is 1. The van der Waals surface area contributed by atoms with Gasteiger partial charge in [0, 0.05) is 61.0 Å². The van der Waals surface area contributed by atoms with Crippen LogP contribution in [0, 0.1) is 17.9 Å². The van der Waals surface area contributed by atoms with Gasteiger partial charge in [0.05, 0.1) is 0 Å². The predicted molar refractivity (Wildman–Crippen MR) is 214 cm³/mol. The Hall–Kier alpha value is -3.86. The second-order valence-electron chi connectivity index (χ2n) is 14.1. The Morgan fingerprint density at radius 3 is 1.98 bits per heavy atom. The zero-order chi connectivity index (χ0) is 36.1. The van der Waals surface area contributed by atoms with E-state index >= 15 is 0 Å². The van der Waals surface area contributed by atoms with Crippen molar-refractivity contribution in [3.63, 3.8) is 0 Å². The number of hydrogen-bond donors (Lipinski definition) is 0. The summed E-state index contributed by atoms with van der Waals surface area (Å²) in [7, 11) is 3.90. The molecule has 2 aromatic heterocycles. The Balaban J connectivity index is 0.000000294. The Morgan fingerprint density at radius 1 is 0.784 bits per heavy atom. The van der Waals surface area contributed by atoms with Gasteiger partial charge in [0.1, 0.15) is 11.5 Å². The van der Waals surface area contributed by atoms with Crippen LogP contribution in [0.3, 0.4) is 0 Å². The minimum absolute atomic E-state index is 0. The fourth-order valence-corrected chi connectivity index (χ4v) is 7.25. The summed E-state index contributed by atoms with van der Waals surface area (Å²) in [5, 5.41) is 11.5. The largest absolute Gasteiger partial charge is 0.690 e. The van der Waals surface area contributed by atoms with Crippen LogP contribution in [0.5, 0.6) is 0 Å². The first kappa shape index (κ1) is 39.9. The van der Waals surface area contributed by atoms with E-state index in [4.69, 9.17) is 9.97 Å². The maximum absolute atomic E-state index is 12.0. The molecule has 6 aromatic rings. The molecule has 51 heavy (non-hydrogen) atoms. The zero-order valence-corrected chi connectivity index (χ0v) is 34.5. The molecule has 6 heteroatoms. The van der Waals surface area contributed by atoms with Crippen LogP contribution in [0.15, 0.2) is 78.5 Å². The number of carbonyl (C=O) groups is 1. The number of fused-ring (bicyclic) bond motifs is 6. The molecule has 0 amide bonds. The number of nitrogens with zero attached hydrogens (tertiary/aromatic N) is 4. The van der Waals surface area contributed by atoms with Crippen molar-refractivity contribution >= 4 is 49.3 Å². The van der Waals surface area contributed by atoms with E-state index in [-0.39, 0.29) is 37.7 Å². The second-order valence-corrected chi connectivity index (χ2v) is 14.1. The normalized spacial score (nSPS) is 12.0.